The Labute approximate surface area is 231 Å². The number of allylic oxidation sites excluding steroid dienone is 1. The summed E-state index contributed by atoms with van der Waals surface area (Å²) in [5.74, 6) is 1.65. The van der Waals surface area contributed by atoms with Gasteiger partial charge in [-0.25, -0.2) is 9.79 Å². The number of ether oxygens (including phenoxy) is 4. The summed E-state index contributed by atoms with van der Waals surface area (Å²) in [6.45, 7) is 10.8. The number of hydrogen-bond donors (Lipinski definition) is 0. The zero-order chi connectivity index (χ0) is 28.1. The molecule has 0 aliphatic carbocycles. The minimum absolute atomic E-state index is 0.195. The Hall–Kier alpha value is -3.85. The topological polar surface area (TPSA) is 88.4 Å². The van der Waals surface area contributed by atoms with Gasteiger partial charge in [-0.1, -0.05) is 49.4 Å². The molecule has 1 aliphatic rings. The van der Waals surface area contributed by atoms with Crippen LogP contribution in [0.1, 0.15) is 51.8 Å². The van der Waals surface area contributed by atoms with E-state index in [1.54, 1.807) is 31.6 Å². The molecule has 9 heteroatoms. The predicted molar refractivity (Wildman–Crippen MR) is 151 cm³/mol. The molecule has 2 aromatic carbocycles. The van der Waals surface area contributed by atoms with Crippen molar-refractivity contribution in [3.63, 3.8) is 0 Å². The lowest BCUT2D eigenvalue weighted by molar-refractivity contribution is -0.139. The number of nitrogens with zero attached hydrogens (tertiary/aromatic N) is 2. The quantitative estimate of drug-likeness (QED) is 0.351. The van der Waals surface area contributed by atoms with Gasteiger partial charge in [-0.3, -0.25) is 9.36 Å². The first-order chi connectivity index (χ1) is 18.8. The van der Waals surface area contributed by atoms with Gasteiger partial charge in [-0.2, -0.15) is 0 Å². The number of benzene rings is 2. The Bertz CT molecular complexity index is 1550. The molecule has 0 N–H and O–H groups in total. The van der Waals surface area contributed by atoms with Crippen LogP contribution in [0.25, 0.3) is 6.08 Å². The second kappa shape index (κ2) is 12.3. The van der Waals surface area contributed by atoms with Crippen molar-refractivity contribution >= 4 is 23.4 Å². The van der Waals surface area contributed by atoms with Crippen LogP contribution in [0.3, 0.4) is 0 Å². The molecule has 0 saturated heterocycles. The average molecular weight is 551 g/mol. The molecule has 1 unspecified atom stereocenters. The minimum Gasteiger partial charge on any atom is -0.493 e. The molecule has 1 aliphatic heterocycles. The summed E-state index contributed by atoms with van der Waals surface area (Å²) in [6, 6.07) is 12.2. The van der Waals surface area contributed by atoms with Crippen LogP contribution in [0, 0.1) is 5.92 Å². The Balaban J connectivity index is 1.88. The standard InChI is InChI=1S/C30H34N2O6S/c1-7-36-27-22(10-9-11-23(27)35-6)26-25(29(34)37-8-2)19(5)31-30-32(26)28(33)24(39-30)16-20-12-14-21(15-13-20)38-17-18(3)4/h9-16,18,26H,7-8,17H2,1-6H3. The highest BCUT2D eigenvalue weighted by molar-refractivity contribution is 7.07. The maximum Gasteiger partial charge on any atom is 0.338 e. The highest BCUT2D eigenvalue weighted by Crippen LogP contribution is 2.40. The molecule has 0 amide bonds. The number of thiazole rings is 1. The molecule has 0 radical (unpaired) electrons. The highest BCUT2D eigenvalue weighted by Gasteiger charge is 2.35. The molecule has 39 heavy (non-hydrogen) atoms. The lowest BCUT2D eigenvalue weighted by Gasteiger charge is -2.26. The number of hydrogen-bond acceptors (Lipinski definition) is 8. The molecular weight excluding hydrogens is 516 g/mol. The molecule has 1 atom stereocenters. The van der Waals surface area contributed by atoms with Crippen molar-refractivity contribution in [3.05, 3.63) is 84.5 Å². The second-order valence-corrected chi connectivity index (χ2v) is 10.4. The minimum atomic E-state index is -0.800. The predicted octanol–water partition coefficient (Wildman–Crippen LogP) is 4.24. The zero-order valence-electron chi connectivity index (χ0n) is 23.1. The van der Waals surface area contributed by atoms with Crippen LogP contribution in [0.5, 0.6) is 17.2 Å². The summed E-state index contributed by atoms with van der Waals surface area (Å²) in [6.07, 6.45) is 1.82. The van der Waals surface area contributed by atoms with Gasteiger partial charge < -0.3 is 18.9 Å². The van der Waals surface area contributed by atoms with Crippen LogP contribution in [-0.2, 0) is 9.53 Å². The number of para-hydroxylation sites is 1. The van der Waals surface area contributed by atoms with Gasteiger partial charge in [0.1, 0.15) is 11.8 Å². The molecule has 3 aromatic rings. The van der Waals surface area contributed by atoms with Gasteiger partial charge >= 0.3 is 5.97 Å². The number of carbonyl (C=O) groups is 1. The van der Waals surface area contributed by atoms with E-state index in [0.29, 0.717) is 51.2 Å². The van der Waals surface area contributed by atoms with Gasteiger partial charge in [0, 0.05) is 5.56 Å². The van der Waals surface area contributed by atoms with E-state index in [0.717, 1.165) is 11.3 Å². The van der Waals surface area contributed by atoms with Crippen molar-refractivity contribution in [1.82, 2.24) is 4.57 Å². The van der Waals surface area contributed by atoms with E-state index in [1.807, 2.05) is 49.4 Å². The summed E-state index contributed by atoms with van der Waals surface area (Å²) < 4.78 is 24.8. The maximum atomic E-state index is 13.9. The van der Waals surface area contributed by atoms with Gasteiger partial charge in [-0.15, -0.1) is 0 Å². The third-order valence-electron chi connectivity index (χ3n) is 6.09. The van der Waals surface area contributed by atoms with Gasteiger partial charge in [0.25, 0.3) is 5.56 Å². The fourth-order valence-corrected chi connectivity index (χ4v) is 5.41. The van der Waals surface area contributed by atoms with E-state index in [9.17, 15) is 9.59 Å². The van der Waals surface area contributed by atoms with E-state index in [1.165, 1.54) is 11.3 Å². The first-order valence-electron chi connectivity index (χ1n) is 13.0. The van der Waals surface area contributed by atoms with E-state index < -0.39 is 12.0 Å². The van der Waals surface area contributed by atoms with Crippen LogP contribution in [0.4, 0.5) is 0 Å². The first kappa shape index (κ1) is 28.2. The SMILES string of the molecule is CCOC(=O)C1=C(C)N=c2sc(=Cc3ccc(OCC(C)C)cc3)c(=O)n2C1c1cccc(OC)c1OCC. The third kappa shape index (κ3) is 5.93. The molecule has 4 rings (SSSR count). The number of aromatic nitrogens is 1. The Morgan fingerprint density at radius 3 is 2.49 bits per heavy atom. The van der Waals surface area contributed by atoms with E-state index in [-0.39, 0.29) is 17.7 Å². The van der Waals surface area contributed by atoms with Crippen LogP contribution in [0.15, 0.2) is 63.5 Å². The summed E-state index contributed by atoms with van der Waals surface area (Å²) in [4.78, 5) is 32.3. The van der Waals surface area contributed by atoms with E-state index >= 15 is 0 Å². The first-order valence-corrected chi connectivity index (χ1v) is 13.8. The van der Waals surface area contributed by atoms with Gasteiger partial charge in [0.05, 0.1) is 42.7 Å². The van der Waals surface area contributed by atoms with Crippen LogP contribution in [0.2, 0.25) is 0 Å². The number of esters is 1. The molecular formula is C30H34N2O6S. The molecule has 0 saturated carbocycles. The average Bonchev–Trinajstić information content (AvgIpc) is 3.22. The number of rotatable bonds is 10. The van der Waals surface area contributed by atoms with Crippen molar-refractivity contribution in [3.8, 4) is 17.2 Å². The van der Waals surface area contributed by atoms with Gasteiger partial charge in [-0.05, 0) is 56.5 Å². The van der Waals surface area contributed by atoms with Gasteiger partial charge in [0.2, 0.25) is 0 Å². The van der Waals surface area contributed by atoms with Crippen LogP contribution < -0.4 is 29.1 Å². The number of methoxy groups -OCH3 is 1. The van der Waals surface area contributed by atoms with Crippen molar-refractivity contribution in [2.45, 2.75) is 40.7 Å². The molecule has 1 aromatic heterocycles. The van der Waals surface area contributed by atoms with E-state index in [2.05, 4.69) is 18.8 Å². The van der Waals surface area contributed by atoms with Crippen LogP contribution >= 0.6 is 11.3 Å². The lowest BCUT2D eigenvalue weighted by Crippen LogP contribution is -2.40. The number of fused-ring (bicyclic) bond motifs is 1. The molecule has 8 nitrogen and oxygen atoms in total. The third-order valence-corrected chi connectivity index (χ3v) is 7.07. The fourth-order valence-electron chi connectivity index (χ4n) is 4.37. The fraction of sp³-hybridized carbons (Fsp3) is 0.367. The lowest BCUT2D eigenvalue weighted by atomic mass is 9.94. The second-order valence-electron chi connectivity index (χ2n) is 9.39. The molecule has 2 heterocycles. The van der Waals surface area contributed by atoms with Crippen molar-refractivity contribution in [2.24, 2.45) is 10.9 Å². The summed E-state index contributed by atoms with van der Waals surface area (Å²) in [5.41, 5.74) is 1.99. The Morgan fingerprint density at radius 1 is 1.10 bits per heavy atom. The van der Waals surface area contributed by atoms with Crippen molar-refractivity contribution < 1.29 is 23.7 Å². The summed E-state index contributed by atoms with van der Waals surface area (Å²) in [7, 11) is 1.56. The van der Waals surface area contributed by atoms with Crippen molar-refractivity contribution in [1.29, 1.82) is 0 Å². The molecule has 0 bridgehead atoms. The zero-order valence-corrected chi connectivity index (χ0v) is 24.0. The molecule has 0 spiro atoms. The monoisotopic (exact) mass is 550 g/mol. The van der Waals surface area contributed by atoms with Crippen LogP contribution in [-0.4, -0.2) is 37.5 Å². The Kier molecular flexibility index (Phi) is 8.91. The maximum absolute atomic E-state index is 13.9. The molecule has 0 fully saturated rings. The normalized spacial score (nSPS) is 15.2. The van der Waals surface area contributed by atoms with Crippen molar-refractivity contribution in [2.75, 3.05) is 26.9 Å². The molecule has 206 valence electrons. The highest BCUT2D eigenvalue weighted by atomic mass is 32.1. The largest absolute Gasteiger partial charge is 0.493 e. The summed E-state index contributed by atoms with van der Waals surface area (Å²) in [5, 5.41) is 0. The smallest absolute Gasteiger partial charge is 0.338 e. The number of carbonyl (C=O) groups excluding carboxylic acids is 1. The summed E-state index contributed by atoms with van der Waals surface area (Å²) >= 11 is 1.27. The van der Waals surface area contributed by atoms with Gasteiger partial charge in [0.15, 0.2) is 16.3 Å². The van der Waals surface area contributed by atoms with E-state index in [4.69, 9.17) is 18.9 Å². The Morgan fingerprint density at radius 2 is 1.85 bits per heavy atom.